The Labute approximate surface area is 172 Å². The number of pyridine rings is 1. The Morgan fingerprint density at radius 3 is 3.27 bits per heavy atom. The zero-order valence-electron chi connectivity index (χ0n) is 16.1. The summed E-state index contributed by atoms with van der Waals surface area (Å²) >= 11 is 0. The Hall–Kier alpha value is -3.45. The van der Waals surface area contributed by atoms with E-state index in [4.69, 9.17) is 4.74 Å². The van der Waals surface area contributed by atoms with Crippen molar-refractivity contribution in [1.82, 2.24) is 20.2 Å². The summed E-state index contributed by atoms with van der Waals surface area (Å²) in [5, 5.41) is 18.1. The minimum absolute atomic E-state index is 0.0542. The lowest BCUT2D eigenvalue weighted by Gasteiger charge is -2.32. The van der Waals surface area contributed by atoms with Gasteiger partial charge in [0.15, 0.2) is 0 Å². The molecule has 0 bridgehead atoms. The molecule has 0 aliphatic carbocycles. The van der Waals surface area contributed by atoms with Crippen LogP contribution in [-0.4, -0.2) is 70.4 Å². The van der Waals surface area contributed by atoms with Crippen molar-refractivity contribution in [1.29, 1.82) is 0 Å². The van der Waals surface area contributed by atoms with E-state index in [-0.39, 0.29) is 31.2 Å². The quantitative estimate of drug-likeness (QED) is 0.497. The fourth-order valence-electron chi connectivity index (χ4n) is 3.61. The molecule has 9 nitrogen and oxygen atoms in total. The first-order valence-electron chi connectivity index (χ1n) is 9.63. The molecule has 0 radical (unpaired) electrons. The molecule has 1 amide bonds. The Morgan fingerprint density at radius 2 is 2.40 bits per heavy atom. The Morgan fingerprint density at radius 1 is 1.50 bits per heavy atom. The summed E-state index contributed by atoms with van der Waals surface area (Å²) in [7, 11) is 0. The summed E-state index contributed by atoms with van der Waals surface area (Å²) in [4.78, 5) is 21.2. The molecule has 3 aliphatic heterocycles. The van der Waals surface area contributed by atoms with E-state index in [0.717, 1.165) is 31.4 Å². The van der Waals surface area contributed by atoms with E-state index in [2.05, 4.69) is 37.1 Å². The highest BCUT2D eigenvalue weighted by atomic mass is 19.1. The summed E-state index contributed by atoms with van der Waals surface area (Å²) in [5.74, 6) is 6.36. The summed E-state index contributed by atoms with van der Waals surface area (Å²) in [5.41, 5.74) is 0.592. The maximum atomic E-state index is 14.0. The molecule has 1 aromatic rings. The number of aromatic nitrogens is 1. The number of hydrazone groups is 1. The number of aliphatic hydroxyl groups is 1. The summed E-state index contributed by atoms with van der Waals surface area (Å²) in [6, 6.07) is 1.23. The number of hydrogen-bond acceptors (Lipinski definition) is 8. The first-order valence-corrected chi connectivity index (χ1v) is 9.63. The van der Waals surface area contributed by atoms with Crippen LogP contribution in [0.2, 0.25) is 0 Å². The smallest absolute Gasteiger partial charge is 0.218 e. The molecule has 10 heteroatoms. The molecule has 3 atom stereocenters. The molecule has 3 aliphatic rings. The number of rotatable bonds is 7. The van der Waals surface area contributed by atoms with Crippen molar-refractivity contribution in [3.8, 4) is 17.7 Å². The molecule has 1 aromatic heterocycles. The number of amidine groups is 1. The van der Waals surface area contributed by atoms with Gasteiger partial charge < -0.3 is 20.1 Å². The maximum absolute atomic E-state index is 14.0. The van der Waals surface area contributed by atoms with Crippen molar-refractivity contribution >= 4 is 18.5 Å². The lowest BCUT2D eigenvalue weighted by Crippen LogP contribution is -2.37. The van der Waals surface area contributed by atoms with Crippen molar-refractivity contribution in [2.24, 2.45) is 10.1 Å². The lowest BCUT2D eigenvalue weighted by atomic mass is 10.1. The Kier molecular flexibility index (Phi) is 5.90. The molecular formula is C20H21FN6O3. The normalized spacial score (nSPS) is 22.7. The number of carbonyl (C=O) groups excluding carboxylic acids is 1. The average molecular weight is 412 g/mol. The fraction of sp³-hybridized carbons (Fsp3) is 0.400. The number of fused-ring (bicyclic) bond motifs is 1. The maximum Gasteiger partial charge on any atom is 0.218 e. The van der Waals surface area contributed by atoms with Gasteiger partial charge in [-0.1, -0.05) is 0 Å². The van der Waals surface area contributed by atoms with E-state index in [9.17, 15) is 14.3 Å². The molecule has 156 valence electrons. The molecule has 4 heterocycles. The van der Waals surface area contributed by atoms with Crippen molar-refractivity contribution in [2.75, 3.05) is 19.7 Å². The zero-order valence-corrected chi connectivity index (χ0v) is 16.1. The van der Waals surface area contributed by atoms with Crippen LogP contribution < -0.4 is 10.1 Å². The minimum atomic E-state index is -0.906. The van der Waals surface area contributed by atoms with Gasteiger partial charge in [0, 0.05) is 24.9 Å². The molecule has 0 saturated carbocycles. The predicted octanol–water partition coefficient (Wildman–Crippen LogP) is 0.400. The highest BCUT2D eigenvalue weighted by Crippen LogP contribution is 2.37. The van der Waals surface area contributed by atoms with Crippen LogP contribution in [0.15, 0.2) is 34.6 Å². The molecule has 30 heavy (non-hydrogen) atoms. The molecule has 2 unspecified atom stereocenters. The monoisotopic (exact) mass is 412 g/mol. The van der Waals surface area contributed by atoms with Crippen LogP contribution in [-0.2, 0) is 4.79 Å². The molecule has 0 spiro atoms. The van der Waals surface area contributed by atoms with Crippen LogP contribution in [0.4, 0.5) is 4.39 Å². The second-order valence-electron chi connectivity index (χ2n) is 6.98. The zero-order chi connectivity index (χ0) is 20.9. The van der Waals surface area contributed by atoms with Gasteiger partial charge in [0.05, 0.1) is 18.5 Å². The lowest BCUT2D eigenvalue weighted by molar-refractivity contribution is -0.110. The standard InChI is InChI=1S/C20H21FN6O3/c21-14-9-16(20(23-10-14)30-12-15(29)11-22-13-28)17-3-2-7-26(17)18-5-8-27-19(25-18)4-1-6-24-27/h5-6,8-10,13,15,17,19,29H,2-3,7,11-12H2,(H,22,28)/t15?,17-,19?/m1/s1. The highest BCUT2D eigenvalue weighted by Gasteiger charge is 2.33. The number of ether oxygens (including phenoxy) is 1. The van der Waals surface area contributed by atoms with Crippen LogP contribution in [0.1, 0.15) is 24.4 Å². The molecule has 2 N–H and O–H groups in total. The number of hydrogen-bond donors (Lipinski definition) is 2. The third-order valence-electron chi connectivity index (χ3n) is 4.95. The van der Waals surface area contributed by atoms with Gasteiger partial charge in [-0.25, -0.2) is 19.4 Å². The fourth-order valence-corrected chi connectivity index (χ4v) is 3.61. The summed E-state index contributed by atoms with van der Waals surface area (Å²) < 4.78 is 19.7. The van der Waals surface area contributed by atoms with Crippen LogP contribution in [0.5, 0.6) is 5.88 Å². The first-order chi connectivity index (χ1) is 14.7. The second kappa shape index (κ2) is 8.92. The van der Waals surface area contributed by atoms with Crippen LogP contribution >= 0.6 is 0 Å². The number of likely N-dealkylation sites (tertiary alicyclic amines) is 1. The SMILES string of the molecule is O=CNCC(O)COc1ncc(F)cc1[C@H]1CCCN1C1=NC2C#CC=NN2C=C1. The predicted molar refractivity (Wildman–Crippen MR) is 107 cm³/mol. The van der Waals surface area contributed by atoms with Gasteiger partial charge >= 0.3 is 0 Å². The highest BCUT2D eigenvalue weighted by molar-refractivity contribution is 5.94. The van der Waals surface area contributed by atoms with Gasteiger partial charge in [-0.05, 0) is 36.8 Å². The van der Waals surface area contributed by atoms with E-state index in [0.29, 0.717) is 12.0 Å². The summed E-state index contributed by atoms with van der Waals surface area (Å²) in [6.45, 7) is 0.725. The minimum Gasteiger partial charge on any atom is -0.475 e. The van der Waals surface area contributed by atoms with E-state index in [1.165, 1.54) is 12.3 Å². The van der Waals surface area contributed by atoms with Crippen molar-refractivity contribution in [3.05, 3.63) is 35.9 Å². The van der Waals surface area contributed by atoms with Gasteiger partial charge in [0.1, 0.15) is 24.4 Å². The third kappa shape index (κ3) is 4.26. The number of aliphatic imine (C=N–C) groups is 1. The summed E-state index contributed by atoms with van der Waals surface area (Å²) in [6.07, 6.45) is 7.20. The number of halogens is 1. The average Bonchev–Trinajstić information content (AvgIpc) is 3.26. The Bertz CT molecular complexity index is 954. The van der Waals surface area contributed by atoms with Crippen molar-refractivity contribution < 1.29 is 19.0 Å². The second-order valence-corrected chi connectivity index (χ2v) is 6.98. The number of aliphatic hydroxyl groups excluding tert-OH is 1. The van der Waals surface area contributed by atoms with E-state index >= 15 is 0 Å². The van der Waals surface area contributed by atoms with Crippen LogP contribution in [0.25, 0.3) is 0 Å². The van der Waals surface area contributed by atoms with Gasteiger partial charge in [0.25, 0.3) is 0 Å². The number of nitrogens with zero attached hydrogens (tertiary/aromatic N) is 5. The van der Waals surface area contributed by atoms with Crippen molar-refractivity contribution in [3.63, 3.8) is 0 Å². The van der Waals surface area contributed by atoms with Crippen LogP contribution in [0.3, 0.4) is 0 Å². The third-order valence-corrected chi connectivity index (χ3v) is 4.95. The Balaban J connectivity index is 1.54. The largest absolute Gasteiger partial charge is 0.475 e. The topological polar surface area (TPSA) is 103 Å². The number of carbonyl (C=O) groups is 1. The van der Waals surface area contributed by atoms with Gasteiger partial charge in [0.2, 0.25) is 18.5 Å². The van der Waals surface area contributed by atoms with Crippen molar-refractivity contribution in [2.45, 2.75) is 31.2 Å². The number of nitrogens with one attached hydrogen (secondary N) is 1. The van der Waals surface area contributed by atoms with E-state index in [1.807, 2.05) is 12.3 Å². The van der Waals surface area contributed by atoms with E-state index in [1.54, 1.807) is 5.01 Å². The van der Waals surface area contributed by atoms with E-state index < -0.39 is 11.9 Å². The van der Waals surface area contributed by atoms with Gasteiger partial charge in [-0.3, -0.25) is 4.79 Å². The van der Waals surface area contributed by atoms with Gasteiger partial charge in [-0.15, -0.1) is 0 Å². The molecule has 4 rings (SSSR count). The van der Waals surface area contributed by atoms with Gasteiger partial charge in [-0.2, -0.15) is 5.10 Å². The molecule has 1 fully saturated rings. The molecule has 0 aromatic carbocycles. The van der Waals surface area contributed by atoms with Crippen LogP contribution in [0, 0.1) is 17.7 Å². The molecule has 1 saturated heterocycles. The number of amides is 1. The molecular weight excluding hydrogens is 391 g/mol. The first kappa shape index (κ1) is 19.8.